The van der Waals surface area contributed by atoms with E-state index in [0.29, 0.717) is 11.8 Å². The number of nitrogens with zero attached hydrogens (tertiary/aromatic N) is 5. The molecule has 0 bridgehead atoms. The average molecular weight is 277 g/mol. The number of hydrogen-bond acceptors (Lipinski definition) is 3. The van der Waals surface area contributed by atoms with E-state index in [1.165, 1.54) is 0 Å². The van der Waals surface area contributed by atoms with Crippen LogP contribution < -0.4 is 0 Å². The summed E-state index contributed by atoms with van der Waals surface area (Å²) in [7, 11) is 0. The van der Waals surface area contributed by atoms with E-state index in [0.717, 1.165) is 11.0 Å². The van der Waals surface area contributed by atoms with Crippen molar-refractivity contribution in [1.29, 1.82) is 0 Å². The van der Waals surface area contributed by atoms with Crippen molar-refractivity contribution in [3.05, 3.63) is 28.5 Å². The lowest BCUT2D eigenvalue weighted by Gasteiger charge is -2.02. The highest BCUT2D eigenvalue weighted by Gasteiger charge is 2.00. The van der Waals surface area contributed by atoms with E-state index in [4.69, 9.17) is 11.6 Å². The fourth-order valence-electron chi connectivity index (χ4n) is 1.06. The summed E-state index contributed by atoms with van der Waals surface area (Å²) in [4.78, 5) is 0. The molecule has 0 aliphatic heterocycles. The Morgan fingerprint density at radius 2 is 2.29 bits per heavy atom. The van der Waals surface area contributed by atoms with Crippen LogP contribution in [0.2, 0.25) is 5.28 Å². The summed E-state index contributed by atoms with van der Waals surface area (Å²) in [5.74, 6) is 0. The third-order valence-corrected chi connectivity index (χ3v) is 2.44. The lowest BCUT2D eigenvalue weighted by atomic mass is 10.6. The molecule has 0 saturated heterocycles. The normalized spacial score (nSPS) is 10.7. The third-order valence-electron chi connectivity index (χ3n) is 1.74. The van der Waals surface area contributed by atoms with Crippen molar-refractivity contribution >= 4 is 27.5 Å². The lowest BCUT2D eigenvalue weighted by Crippen LogP contribution is -2.06. The molecule has 2 heterocycles. The maximum atomic E-state index is 5.76. The second kappa shape index (κ2) is 4.10. The first kappa shape index (κ1) is 9.67. The molecule has 0 unspecified atom stereocenters. The number of aromatic nitrogens is 5. The molecule has 5 nitrogen and oxygen atoms in total. The molecule has 2 aromatic rings. The average Bonchev–Trinajstić information content (AvgIpc) is 2.72. The molecule has 0 spiro atoms. The molecule has 0 aromatic carbocycles. The van der Waals surface area contributed by atoms with Gasteiger partial charge < -0.3 is 4.57 Å². The topological polar surface area (TPSA) is 48.5 Å². The minimum atomic E-state index is 0.399. The first-order valence-corrected chi connectivity index (χ1v) is 5.14. The lowest BCUT2D eigenvalue weighted by molar-refractivity contribution is 0.532. The van der Waals surface area contributed by atoms with Gasteiger partial charge in [-0.2, -0.15) is 5.10 Å². The Morgan fingerprint density at radius 1 is 1.43 bits per heavy atom. The molecule has 2 rings (SSSR count). The molecule has 0 N–H and O–H groups in total. The van der Waals surface area contributed by atoms with Gasteiger partial charge in [0.2, 0.25) is 5.28 Å². The minimum absolute atomic E-state index is 0.399. The first-order valence-electron chi connectivity index (χ1n) is 3.97. The summed E-state index contributed by atoms with van der Waals surface area (Å²) >= 11 is 9.09. The minimum Gasteiger partial charge on any atom is -0.303 e. The van der Waals surface area contributed by atoms with E-state index in [1.807, 2.05) is 10.9 Å². The van der Waals surface area contributed by atoms with Crippen LogP contribution in [0.1, 0.15) is 0 Å². The maximum Gasteiger partial charge on any atom is 0.224 e. The van der Waals surface area contributed by atoms with Crippen LogP contribution >= 0.6 is 27.5 Å². The van der Waals surface area contributed by atoms with Gasteiger partial charge in [-0.25, -0.2) is 0 Å². The fourth-order valence-corrected chi connectivity index (χ4v) is 1.56. The van der Waals surface area contributed by atoms with Crippen molar-refractivity contribution in [2.24, 2.45) is 0 Å². The third kappa shape index (κ3) is 2.13. The van der Waals surface area contributed by atoms with Crippen LogP contribution in [0.15, 0.2) is 23.2 Å². The van der Waals surface area contributed by atoms with Crippen LogP contribution in [0.4, 0.5) is 0 Å². The Morgan fingerprint density at radius 3 is 2.86 bits per heavy atom. The Bertz CT molecular complexity index is 423. The van der Waals surface area contributed by atoms with Gasteiger partial charge in [0.05, 0.1) is 17.2 Å². The summed E-state index contributed by atoms with van der Waals surface area (Å²) in [6.07, 6.45) is 5.24. The van der Waals surface area contributed by atoms with Crippen LogP contribution in [-0.2, 0) is 13.1 Å². The van der Waals surface area contributed by atoms with E-state index >= 15 is 0 Å². The van der Waals surface area contributed by atoms with Crippen LogP contribution in [0, 0.1) is 0 Å². The number of halogens is 2. The van der Waals surface area contributed by atoms with Crippen molar-refractivity contribution in [1.82, 2.24) is 24.5 Å². The highest BCUT2D eigenvalue weighted by atomic mass is 79.9. The van der Waals surface area contributed by atoms with Gasteiger partial charge in [-0.05, 0) is 27.5 Å². The van der Waals surface area contributed by atoms with E-state index in [2.05, 4.69) is 31.2 Å². The molecule has 0 radical (unpaired) electrons. The highest BCUT2D eigenvalue weighted by molar-refractivity contribution is 9.10. The smallest absolute Gasteiger partial charge is 0.224 e. The molecule has 0 atom stereocenters. The maximum absolute atomic E-state index is 5.76. The molecular weight excluding hydrogens is 269 g/mol. The predicted octanol–water partition coefficient (Wildman–Crippen LogP) is 1.59. The molecule has 14 heavy (non-hydrogen) atoms. The monoisotopic (exact) mass is 275 g/mol. The first-order chi connectivity index (χ1) is 6.75. The van der Waals surface area contributed by atoms with E-state index in [1.54, 1.807) is 17.1 Å². The molecule has 2 aromatic heterocycles. The van der Waals surface area contributed by atoms with Gasteiger partial charge in [0.1, 0.15) is 6.33 Å². The van der Waals surface area contributed by atoms with Gasteiger partial charge in [-0.3, -0.25) is 4.68 Å². The Hall–Kier alpha value is -0.880. The fraction of sp³-hybridized carbons (Fsp3) is 0.286. The van der Waals surface area contributed by atoms with Gasteiger partial charge in [0, 0.05) is 12.7 Å². The van der Waals surface area contributed by atoms with Crippen LogP contribution in [-0.4, -0.2) is 24.5 Å². The van der Waals surface area contributed by atoms with Gasteiger partial charge >= 0.3 is 0 Å². The van der Waals surface area contributed by atoms with E-state index < -0.39 is 0 Å². The molecule has 7 heteroatoms. The molecule has 0 amide bonds. The van der Waals surface area contributed by atoms with Gasteiger partial charge in [-0.15, -0.1) is 10.2 Å². The Labute approximate surface area is 93.8 Å². The molecule has 0 aliphatic carbocycles. The standard InChI is InChI=1S/C7H7BrClN5/c8-6-3-11-14(4-6)2-1-13-5-10-12-7(13)9/h3-5H,1-2H2. The molecule has 0 aliphatic rings. The molecule has 0 fully saturated rings. The second-order valence-corrected chi connectivity index (χ2v) is 3.97. The van der Waals surface area contributed by atoms with Crippen LogP contribution in [0.25, 0.3) is 0 Å². The van der Waals surface area contributed by atoms with Gasteiger partial charge in [0.15, 0.2) is 0 Å². The Kier molecular flexibility index (Phi) is 2.83. The summed E-state index contributed by atoms with van der Waals surface area (Å²) in [5.41, 5.74) is 0. The SMILES string of the molecule is Clc1nncn1CCn1cc(Br)cn1. The van der Waals surface area contributed by atoms with Gasteiger partial charge in [0.25, 0.3) is 0 Å². The van der Waals surface area contributed by atoms with Crippen molar-refractivity contribution in [2.45, 2.75) is 13.1 Å². The van der Waals surface area contributed by atoms with Crippen molar-refractivity contribution in [3.63, 3.8) is 0 Å². The largest absolute Gasteiger partial charge is 0.303 e. The summed E-state index contributed by atoms with van der Waals surface area (Å²) in [6.45, 7) is 1.45. The second-order valence-electron chi connectivity index (χ2n) is 2.71. The van der Waals surface area contributed by atoms with Crippen molar-refractivity contribution in [3.8, 4) is 0 Å². The molecule has 0 saturated carbocycles. The zero-order chi connectivity index (χ0) is 9.97. The quantitative estimate of drug-likeness (QED) is 0.855. The number of aryl methyl sites for hydroxylation is 2. The van der Waals surface area contributed by atoms with E-state index in [-0.39, 0.29) is 0 Å². The van der Waals surface area contributed by atoms with Crippen molar-refractivity contribution < 1.29 is 0 Å². The summed E-state index contributed by atoms with van der Waals surface area (Å²) in [6, 6.07) is 0. The Balaban J connectivity index is 1.98. The predicted molar refractivity (Wildman–Crippen MR) is 55.0 cm³/mol. The van der Waals surface area contributed by atoms with Gasteiger partial charge in [-0.1, -0.05) is 0 Å². The zero-order valence-electron chi connectivity index (χ0n) is 7.14. The summed E-state index contributed by atoms with van der Waals surface area (Å²) < 4.78 is 4.55. The van der Waals surface area contributed by atoms with E-state index in [9.17, 15) is 0 Å². The van der Waals surface area contributed by atoms with Crippen molar-refractivity contribution in [2.75, 3.05) is 0 Å². The molecular formula is C7H7BrClN5. The highest BCUT2D eigenvalue weighted by Crippen LogP contribution is 2.07. The molecule has 74 valence electrons. The van der Waals surface area contributed by atoms with Crippen LogP contribution in [0.5, 0.6) is 0 Å². The van der Waals surface area contributed by atoms with Crippen LogP contribution in [0.3, 0.4) is 0 Å². The summed E-state index contributed by atoms with van der Waals surface area (Å²) in [5, 5.41) is 11.9. The number of hydrogen-bond donors (Lipinski definition) is 0. The zero-order valence-corrected chi connectivity index (χ0v) is 9.48. The number of rotatable bonds is 3.